The average molecular weight is 1040 g/mol. The van der Waals surface area contributed by atoms with Crippen LogP contribution >= 0.6 is 23.5 Å². The van der Waals surface area contributed by atoms with Crippen molar-refractivity contribution < 1.29 is 89.4 Å². The summed E-state index contributed by atoms with van der Waals surface area (Å²) in [7, 11) is -16.2. The van der Waals surface area contributed by atoms with Crippen LogP contribution in [-0.4, -0.2) is 169 Å². The van der Waals surface area contributed by atoms with Crippen LogP contribution in [0.1, 0.15) is 18.7 Å². The van der Waals surface area contributed by atoms with E-state index in [-0.39, 0.29) is 51.1 Å². The summed E-state index contributed by atoms with van der Waals surface area (Å²) >= 11 is 0. The quantitative estimate of drug-likeness (QED) is 0.0437. The molecule has 0 radical (unpaired) electrons. The van der Waals surface area contributed by atoms with E-state index in [1.165, 1.54) is 10.9 Å². The molecule has 6 aromatic rings. The van der Waals surface area contributed by atoms with Crippen molar-refractivity contribution in [1.29, 1.82) is 0 Å². The standard InChI is InChI=1S/C31H37FN15O19P3/c32-12-18(65-68(54,55)59-1-10-16(48)17(49)28(62-10)47-9-42-15-25(47)43-30(35)44-26(15)50)11(63-27(12)45-7-40-13-21(33)36-5-38-23(13)45)2-60-69(56,57)66-20-19-29(46-8-41-14-22(34)37-6-39-24(14)46)64-31(20,3-58-19)4-61-67(51,52)53/h5-12,16-20,27-29,48-49H,1-4H2,(H,54,55)(H,56,57)(H2,33,36,38)(H2,34,37,39)(H2,51,52,53)(H3,35,43,44,50)/t10-,11-,12?,16+,17?,18+,19?,20-,27-,28-,29-,31-/m1/s1. The molecule has 372 valence electrons. The molecule has 4 saturated heterocycles. The molecule has 13 N–H and O–H groups in total. The first kappa shape index (κ1) is 47.5. The third-order valence-corrected chi connectivity index (χ3v) is 13.8. The van der Waals surface area contributed by atoms with Crippen LogP contribution in [0, 0.1) is 0 Å². The predicted octanol–water partition coefficient (Wildman–Crippen LogP) is -2.82. The van der Waals surface area contributed by atoms with Gasteiger partial charge in [0.15, 0.2) is 58.9 Å². The van der Waals surface area contributed by atoms with Crippen LogP contribution in [0.4, 0.5) is 22.0 Å². The predicted molar refractivity (Wildman–Crippen MR) is 219 cm³/mol. The lowest BCUT2D eigenvalue weighted by Gasteiger charge is -2.31. The Morgan fingerprint density at radius 3 is 1.94 bits per heavy atom. The van der Waals surface area contributed by atoms with Gasteiger partial charge >= 0.3 is 23.5 Å². The summed E-state index contributed by atoms with van der Waals surface area (Å²) < 4.78 is 109. The second-order valence-electron chi connectivity index (χ2n) is 15.7. The molecule has 2 bridgehead atoms. The number of nitrogens with two attached hydrogens (primary N) is 3. The Morgan fingerprint density at radius 2 is 1.30 bits per heavy atom. The Hall–Kier alpha value is -5.13. The molecule has 10 rings (SSSR count). The van der Waals surface area contributed by atoms with E-state index in [0.29, 0.717) is 0 Å². The molecule has 38 heteroatoms. The summed E-state index contributed by atoms with van der Waals surface area (Å²) in [6, 6.07) is 0. The molecule has 10 heterocycles. The second-order valence-corrected chi connectivity index (χ2v) is 19.8. The zero-order valence-corrected chi connectivity index (χ0v) is 37.1. The van der Waals surface area contributed by atoms with Crippen LogP contribution in [0.5, 0.6) is 0 Å². The fraction of sp³-hybridized carbons (Fsp3) is 0.516. The van der Waals surface area contributed by atoms with Gasteiger partial charge in [-0.2, -0.15) is 4.98 Å². The minimum atomic E-state index is -5.50. The number of aromatic amines is 1. The van der Waals surface area contributed by atoms with Crippen LogP contribution in [-0.2, 0) is 55.3 Å². The monoisotopic (exact) mass is 1040 g/mol. The number of fused-ring (bicyclic) bond motifs is 5. The number of nitrogens with one attached hydrogen (secondary N) is 1. The highest BCUT2D eigenvalue weighted by molar-refractivity contribution is 7.47. The maximum Gasteiger partial charge on any atom is 0.472 e. The summed E-state index contributed by atoms with van der Waals surface area (Å²) in [6.07, 6.45) is -13.8. The molecule has 0 amide bonds. The number of hydrogen-bond acceptors (Lipinski definition) is 26. The van der Waals surface area contributed by atoms with E-state index in [9.17, 15) is 48.3 Å². The Bertz CT molecular complexity index is 3160. The van der Waals surface area contributed by atoms with Crippen LogP contribution in [0.2, 0.25) is 0 Å². The lowest BCUT2D eigenvalue weighted by molar-refractivity contribution is -0.183. The van der Waals surface area contributed by atoms with Gasteiger partial charge in [0.05, 0.1) is 45.4 Å². The van der Waals surface area contributed by atoms with Gasteiger partial charge in [-0.3, -0.25) is 46.1 Å². The van der Waals surface area contributed by atoms with Crippen LogP contribution in [0.3, 0.4) is 0 Å². The Labute approximate surface area is 380 Å². The SMILES string of the molecule is Nc1nc2c(ncn2[C@@H]2O[C@H](COP(=O)(O)O[C@@H]3C(F)[C@H](n4cnc5c(N)ncnc54)O[C@@H]3COP(=O)(O)O[C@@H]3C4OC[C@]3(COP(=O)(O)O)O[C@H]4n3cnc4c(N)ncnc43)[C@H](O)C2O)c(=O)[nH]1. The maximum absolute atomic E-state index is 16.7. The number of alkyl halides is 1. The minimum absolute atomic E-state index is 0.00504. The number of aliphatic hydroxyl groups is 2. The molecular weight excluding hydrogens is 998 g/mol. The zero-order chi connectivity index (χ0) is 48.9. The van der Waals surface area contributed by atoms with Crippen molar-refractivity contribution in [3.8, 4) is 0 Å². The number of nitrogens with zero attached hydrogens (tertiary/aromatic N) is 11. The van der Waals surface area contributed by atoms with Crippen LogP contribution in [0.25, 0.3) is 33.5 Å². The van der Waals surface area contributed by atoms with E-state index >= 15 is 4.39 Å². The third-order valence-electron chi connectivity index (χ3n) is 11.4. The van der Waals surface area contributed by atoms with Crippen molar-refractivity contribution in [3.05, 3.63) is 42.0 Å². The highest BCUT2D eigenvalue weighted by Crippen LogP contribution is 2.57. The van der Waals surface area contributed by atoms with Gasteiger partial charge in [0, 0.05) is 0 Å². The zero-order valence-electron chi connectivity index (χ0n) is 34.4. The number of halogens is 1. The summed E-state index contributed by atoms with van der Waals surface area (Å²) in [5, 5.41) is 21.7. The lowest BCUT2D eigenvalue weighted by atomic mass is 10.0. The number of aromatic nitrogens is 12. The fourth-order valence-electron chi connectivity index (χ4n) is 8.28. The smallest absolute Gasteiger partial charge is 0.387 e. The van der Waals surface area contributed by atoms with Gasteiger partial charge in [-0.05, 0) is 0 Å². The molecule has 5 unspecified atom stereocenters. The minimum Gasteiger partial charge on any atom is -0.387 e. The first-order valence-electron chi connectivity index (χ1n) is 19.8. The summed E-state index contributed by atoms with van der Waals surface area (Å²) in [4.78, 5) is 87.8. The van der Waals surface area contributed by atoms with Gasteiger partial charge in [-0.1, -0.05) is 0 Å². The van der Waals surface area contributed by atoms with Gasteiger partial charge in [-0.25, -0.2) is 53.0 Å². The lowest BCUT2D eigenvalue weighted by Crippen LogP contribution is -2.45. The van der Waals surface area contributed by atoms with Crippen molar-refractivity contribution >= 4 is 74.5 Å². The molecule has 34 nitrogen and oxygen atoms in total. The van der Waals surface area contributed by atoms with Gasteiger partial charge in [0.2, 0.25) is 5.95 Å². The Kier molecular flexibility index (Phi) is 11.9. The number of imidazole rings is 3. The number of hydrogen-bond donors (Lipinski definition) is 10. The van der Waals surface area contributed by atoms with Gasteiger partial charge in [0.25, 0.3) is 5.56 Å². The number of nitrogen functional groups attached to an aromatic ring is 3. The van der Waals surface area contributed by atoms with Crippen LogP contribution in [0.15, 0.2) is 36.4 Å². The summed E-state index contributed by atoms with van der Waals surface area (Å²) in [6.45, 7) is -3.58. The second kappa shape index (κ2) is 17.3. The number of rotatable bonds is 16. The highest BCUT2D eigenvalue weighted by Gasteiger charge is 2.66. The normalized spacial score (nSPS) is 32.1. The van der Waals surface area contributed by atoms with Gasteiger partial charge < -0.3 is 65.9 Å². The van der Waals surface area contributed by atoms with Crippen molar-refractivity contribution in [2.75, 3.05) is 43.6 Å². The molecule has 0 spiro atoms. The average Bonchev–Trinajstić information content (AvgIpc) is 4.17. The summed E-state index contributed by atoms with van der Waals surface area (Å²) in [5.74, 6) is -0.424. The largest absolute Gasteiger partial charge is 0.472 e. The Balaban J connectivity index is 0.876. The van der Waals surface area contributed by atoms with E-state index in [4.69, 9.17) is 58.8 Å². The van der Waals surface area contributed by atoms with E-state index in [0.717, 1.165) is 34.4 Å². The first-order chi connectivity index (χ1) is 32.6. The Morgan fingerprint density at radius 1 is 0.739 bits per heavy atom. The molecular formula is C31H37FN15O19P3. The number of aliphatic hydroxyl groups excluding tert-OH is 2. The van der Waals surface area contributed by atoms with Crippen molar-refractivity contribution in [2.24, 2.45) is 0 Å². The van der Waals surface area contributed by atoms with Crippen molar-refractivity contribution in [3.63, 3.8) is 0 Å². The number of anilines is 3. The number of phosphoric acid groups is 3. The molecule has 6 aromatic heterocycles. The number of ether oxygens (including phenoxy) is 4. The maximum atomic E-state index is 16.7. The molecule has 0 aliphatic carbocycles. The molecule has 4 fully saturated rings. The topological polar surface area (TPSA) is 484 Å². The molecule has 69 heavy (non-hydrogen) atoms. The molecule has 0 aromatic carbocycles. The van der Waals surface area contributed by atoms with E-state index in [1.54, 1.807) is 0 Å². The number of phosphoric ester groups is 3. The molecule has 14 atom stereocenters. The van der Waals surface area contributed by atoms with Crippen molar-refractivity contribution in [1.82, 2.24) is 58.6 Å². The molecule has 4 aliphatic heterocycles. The molecule has 0 saturated carbocycles. The van der Waals surface area contributed by atoms with E-state index in [1.807, 2.05) is 0 Å². The van der Waals surface area contributed by atoms with E-state index < -0.39 is 129 Å². The molecule has 4 aliphatic rings. The summed E-state index contributed by atoms with van der Waals surface area (Å²) in [5.41, 5.74) is 14.6. The third kappa shape index (κ3) is 8.67. The van der Waals surface area contributed by atoms with Crippen molar-refractivity contribution in [2.45, 2.75) is 73.2 Å². The van der Waals surface area contributed by atoms with Gasteiger partial charge in [-0.15, -0.1) is 0 Å². The fourth-order valence-corrected chi connectivity index (χ4v) is 10.6. The first-order valence-corrected chi connectivity index (χ1v) is 24.3. The van der Waals surface area contributed by atoms with Crippen LogP contribution < -0.4 is 22.8 Å². The highest BCUT2D eigenvalue weighted by atomic mass is 31.2. The van der Waals surface area contributed by atoms with E-state index in [2.05, 4.69) is 44.9 Å². The van der Waals surface area contributed by atoms with Gasteiger partial charge in [0.1, 0.15) is 72.0 Å². The number of H-pyrrole nitrogens is 1.